The summed E-state index contributed by atoms with van der Waals surface area (Å²) in [6.07, 6.45) is 9.06. The molecule has 0 radical (unpaired) electrons. The Labute approximate surface area is 70.4 Å². The second-order valence-electron chi connectivity index (χ2n) is 4.61. The lowest BCUT2D eigenvalue weighted by Crippen LogP contribution is -2.39. The van der Waals surface area contributed by atoms with Gasteiger partial charge in [0.25, 0.3) is 0 Å². The molecule has 0 N–H and O–H groups in total. The van der Waals surface area contributed by atoms with Crippen LogP contribution in [0.3, 0.4) is 0 Å². The van der Waals surface area contributed by atoms with E-state index in [4.69, 9.17) is 0 Å². The standard InChI is InChI=1S/C11H20/c1-3-5-10-9-6-7-11(10,4-2)8-9/h9-10H,3-8H2,1-2H3. The number of hydrogen-bond acceptors (Lipinski definition) is 0. The van der Waals surface area contributed by atoms with Crippen molar-refractivity contribution in [2.75, 3.05) is 0 Å². The van der Waals surface area contributed by atoms with Crippen LogP contribution in [0.15, 0.2) is 0 Å². The van der Waals surface area contributed by atoms with Gasteiger partial charge < -0.3 is 0 Å². The maximum Gasteiger partial charge on any atom is -0.0266 e. The van der Waals surface area contributed by atoms with Crippen molar-refractivity contribution in [3.05, 3.63) is 0 Å². The van der Waals surface area contributed by atoms with E-state index < -0.39 is 0 Å². The molecule has 2 bridgehead atoms. The molecule has 3 rings (SSSR count). The molecule has 3 atom stereocenters. The predicted molar refractivity (Wildman–Crippen MR) is 48.5 cm³/mol. The normalized spacial score (nSPS) is 47.5. The summed E-state index contributed by atoms with van der Waals surface area (Å²) in [7, 11) is 0. The van der Waals surface area contributed by atoms with Crippen molar-refractivity contribution in [2.24, 2.45) is 17.3 Å². The van der Waals surface area contributed by atoms with Gasteiger partial charge in [0, 0.05) is 0 Å². The van der Waals surface area contributed by atoms with E-state index in [0.29, 0.717) is 0 Å². The minimum atomic E-state index is 0.848. The molecule has 0 spiro atoms. The smallest absolute Gasteiger partial charge is 0.0266 e. The van der Waals surface area contributed by atoms with E-state index in [-0.39, 0.29) is 0 Å². The van der Waals surface area contributed by atoms with Crippen molar-refractivity contribution in [1.82, 2.24) is 0 Å². The van der Waals surface area contributed by atoms with Crippen LogP contribution in [0, 0.1) is 17.3 Å². The molecule has 0 heterocycles. The summed E-state index contributed by atoms with van der Waals surface area (Å²) in [6.45, 7) is 4.73. The summed E-state index contributed by atoms with van der Waals surface area (Å²) in [5.74, 6) is 2.28. The summed E-state index contributed by atoms with van der Waals surface area (Å²) in [5, 5.41) is 0. The molecule has 0 amide bonds. The van der Waals surface area contributed by atoms with Crippen LogP contribution in [-0.4, -0.2) is 0 Å². The molecular formula is C11H20. The summed E-state index contributed by atoms with van der Waals surface area (Å²) >= 11 is 0. The summed E-state index contributed by atoms with van der Waals surface area (Å²) in [4.78, 5) is 0. The van der Waals surface area contributed by atoms with Crippen molar-refractivity contribution < 1.29 is 0 Å². The molecule has 11 heavy (non-hydrogen) atoms. The molecule has 0 nitrogen and oxygen atoms in total. The van der Waals surface area contributed by atoms with Crippen LogP contribution in [0.5, 0.6) is 0 Å². The summed E-state index contributed by atoms with van der Waals surface area (Å²) in [5.41, 5.74) is 0.848. The number of rotatable bonds is 3. The SMILES string of the molecule is CCCC1C2CCC1(CC)C2. The van der Waals surface area contributed by atoms with E-state index in [1.54, 1.807) is 19.3 Å². The molecule has 3 unspecified atom stereocenters. The maximum atomic E-state index is 2.39. The zero-order chi connectivity index (χ0) is 7.90. The number of hydrogen-bond donors (Lipinski definition) is 0. The minimum Gasteiger partial charge on any atom is -0.0654 e. The quantitative estimate of drug-likeness (QED) is 0.579. The van der Waals surface area contributed by atoms with Crippen LogP contribution in [0.25, 0.3) is 0 Å². The highest BCUT2D eigenvalue weighted by atomic mass is 14.6. The third kappa shape index (κ3) is 0.878. The van der Waals surface area contributed by atoms with Crippen LogP contribution < -0.4 is 0 Å². The van der Waals surface area contributed by atoms with Gasteiger partial charge in [0.05, 0.1) is 0 Å². The van der Waals surface area contributed by atoms with Crippen molar-refractivity contribution in [1.29, 1.82) is 0 Å². The fourth-order valence-corrected chi connectivity index (χ4v) is 3.66. The molecule has 3 fully saturated rings. The Balaban J connectivity index is 2.01. The molecule has 3 aliphatic rings. The minimum absolute atomic E-state index is 0.848. The van der Waals surface area contributed by atoms with Crippen LogP contribution in [0.4, 0.5) is 0 Å². The van der Waals surface area contributed by atoms with Gasteiger partial charge in [0.1, 0.15) is 0 Å². The van der Waals surface area contributed by atoms with Gasteiger partial charge in [-0.15, -0.1) is 0 Å². The average Bonchev–Trinajstić information content (AvgIpc) is 2.56. The van der Waals surface area contributed by atoms with Crippen molar-refractivity contribution >= 4 is 0 Å². The zero-order valence-electron chi connectivity index (χ0n) is 7.90. The van der Waals surface area contributed by atoms with Crippen LogP contribution in [0.2, 0.25) is 0 Å². The average molecular weight is 152 g/mol. The third-order valence-corrected chi connectivity index (χ3v) is 4.34. The van der Waals surface area contributed by atoms with Gasteiger partial charge in [-0.25, -0.2) is 0 Å². The molecule has 0 aromatic heterocycles. The summed E-state index contributed by atoms with van der Waals surface area (Å²) in [6, 6.07) is 0. The topological polar surface area (TPSA) is 0 Å². The van der Waals surface area contributed by atoms with E-state index >= 15 is 0 Å². The molecule has 3 aliphatic carbocycles. The van der Waals surface area contributed by atoms with Gasteiger partial charge in [-0.1, -0.05) is 26.7 Å². The van der Waals surface area contributed by atoms with Gasteiger partial charge >= 0.3 is 0 Å². The number of fused-ring (bicyclic) bond motifs is 1. The van der Waals surface area contributed by atoms with E-state index in [0.717, 1.165) is 17.3 Å². The van der Waals surface area contributed by atoms with Crippen LogP contribution >= 0.6 is 0 Å². The molecule has 0 aromatic rings. The lowest BCUT2D eigenvalue weighted by molar-refractivity contribution is 0.0199. The first-order chi connectivity index (χ1) is 5.32. The van der Waals surface area contributed by atoms with Gasteiger partial charge in [-0.2, -0.15) is 0 Å². The Hall–Kier alpha value is 0. The molecular weight excluding hydrogens is 132 g/mol. The predicted octanol–water partition coefficient (Wildman–Crippen LogP) is 3.61. The van der Waals surface area contributed by atoms with E-state index in [9.17, 15) is 0 Å². The third-order valence-electron chi connectivity index (χ3n) is 4.34. The molecule has 3 saturated carbocycles. The highest BCUT2D eigenvalue weighted by molar-refractivity contribution is 5.06. The lowest BCUT2D eigenvalue weighted by atomic mass is 9.57. The first-order valence-corrected chi connectivity index (χ1v) is 5.32. The second-order valence-corrected chi connectivity index (χ2v) is 4.61. The van der Waals surface area contributed by atoms with Crippen molar-refractivity contribution in [3.8, 4) is 0 Å². The highest BCUT2D eigenvalue weighted by Gasteiger charge is 2.56. The molecule has 0 saturated heterocycles. The van der Waals surface area contributed by atoms with Gasteiger partial charge in [-0.05, 0) is 42.9 Å². The Morgan fingerprint density at radius 3 is 2.73 bits per heavy atom. The van der Waals surface area contributed by atoms with Crippen LogP contribution in [-0.2, 0) is 0 Å². The fourth-order valence-electron chi connectivity index (χ4n) is 3.66. The first kappa shape index (κ1) is 7.64. The van der Waals surface area contributed by atoms with Crippen molar-refractivity contribution in [3.63, 3.8) is 0 Å². The largest absolute Gasteiger partial charge is 0.0654 e. The van der Waals surface area contributed by atoms with Crippen LogP contribution in [0.1, 0.15) is 52.4 Å². The Bertz CT molecular complexity index is 146. The van der Waals surface area contributed by atoms with Gasteiger partial charge in [0.2, 0.25) is 0 Å². The zero-order valence-corrected chi connectivity index (χ0v) is 7.90. The highest BCUT2D eigenvalue weighted by Crippen LogP contribution is 2.66. The maximum absolute atomic E-state index is 2.39. The van der Waals surface area contributed by atoms with Gasteiger partial charge in [-0.3, -0.25) is 0 Å². The van der Waals surface area contributed by atoms with E-state index in [1.165, 1.54) is 19.3 Å². The molecule has 0 aliphatic heterocycles. The van der Waals surface area contributed by atoms with Crippen molar-refractivity contribution in [2.45, 2.75) is 52.4 Å². The fraction of sp³-hybridized carbons (Fsp3) is 1.00. The molecule has 64 valence electrons. The first-order valence-electron chi connectivity index (χ1n) is 5.32. The van der Waals surface area contributed by atoms with E-state index in [1.807, 2.05) is 0 Å². The Morgan fingerprint density at radius 2 is 2.18 bits per heavy atom. The lowest BCUT2D eigenvalue weighted by Gasteiger charge is -2.47. The van der Waals surface area contributed by atoms with E-state index in [2.05, 4.69) is 13.8 Å². The Kier molecular flexibility index (Phi) is 1.74. The Morgan fingerprint density at radius 1 is 1.36 bits per heavy atom. The molecule has 0 aromatic carbocycles. The molecule has 0 heteroatoms. The monoisotopic (exact) mass is 152 g/mol. The second kappa shape index (κ2) is 2.50. The van der Waals surface area contributed by atoms with Gasteiger partial charge in [0.15, 0.2) is 0 Å². The summed E-state index contributed by atoms with van der Waals surface area (Å²) < 4.78 is 0.